The van der Waals surface area contributed by atoms with Crippen molar-refractivity contribution in [3.8, 4) is 5.75 Å². The normalized spacial score (nSPS) is 10.7. The number of rotatable bonds is 7. The molecule has 0 unspecified atom stereocenters. The van der Waals surface area contributed by atoms with Crippen LogP contribution < -0.4 is 10.1 Å². The van der Waals surface area contributed by atoms with Crippen molar-refractivity contribution < 1.29 is 9.53 Å². The molecule has 0 bridgehead atoms. The first-order chi connectivity index (χ1) is 10.6. The van der Waals surface area contributed by atoms with Gasteiger partial charge in [-0.2, -0.15) is 5.10 Å². The number of benzene rings is 1. The van der Waals surface area contributed by atoms with E-state index in [1.54, 1.807) is 7.11 Å². The monoisotopic (exact) mass is 302 g/mol. The van der Waals surface area contributed by atoms with Gasteiger partial charge in [0.2, 0.25) is 5.91 Å². The summed E-state index contributed by atoms with van der Waals surface area (Å²) in [6.07, 6.45) is 3.83. The summed E-state index contributed by atoms with van der Waals surface area (Å²) in [4.78, 5) is 14.1. The summed E-state index contributed by atoms with van der Waals surface area (Å²) < 4.78 is 7.10. The van der Waals surface area contributed by atoms with E-state index in [1.807, 2.05) is 60.2 Å². The number of para-hydroxylation sites is 2. The number of nitrogens with one attached hydrogen (secondary N) is 1. The first kappa shape index (κ1) is 16.0. The van der Waals surface area contributed by atoms with Crippen molar-refractivity contribution in [1.82, 2.24) is 14.7 Å². The minimum absolute atomic E-state index is 0.0742. The van der Waals surface area contributed by atoms with Gasteiger partial charge in [-0.3, -0.25) is 14.4 Å². The van der Waals surface area contributed by atoms with Crippen molar-refractivity contribution >= 4 is 11.6 Å². The zero-order valence-electron chi connectivity index (χ0n) is 13.2. The molecule has 118 valence electrons. The summed E-state index contributed by atoms with van der Waals surface area (Å²) >= 11 is 0. The molecule has 22 heavy (non-hydrogen) atoms. The standard InChI is InChI=1S/C16H22N4O2/c1-4-20-11-13(9-17-20)10-19(2)12-16(21)18-14-7-5-6-8-15(14)22-3/h5-9,11H,4,10,12H2,1-3H3,(H,18,21). The summed E-state index contributed by atoms with van der Waals surface area (Å²) in [6, 6.07) is 7.37. The van der Waals surface area contributed by atoms with Crippen LogP contribution in [0.3, 0.4) is 0 Å². The highest BCUT2D eigenvalue weighted by Gasteiger charge is 2.10. The second kappa shape index (κ2) is 7.61. The van der Waals surface area contributed by atoms with Gasteiger partial charge in [-0.25, -0.2) is 0 Å². The molecule has 0 fully saturated rings. The van der Waals surface area contributed by atoms with Crippen molar-refractivity contribution in [2.75, 3.05) is 26.0 Å². The zero-order chi connectivity index (χ0) is 15.9. The van der Waals surface area contributed by atoms with E-state index >= 15 is 0 Å². The molecule has 2 aromatic rings. The smallest absolute Gasteiger partial charge is 0.238 e. The summed E-state index contributed by atoms with van der Waals surface area (Å²) in [5.74, 6) is 0.581. The van der Waals surface area contributed by atoms with Crippen LogP contribution in [0, 0.1) is 0 Å². The average molecular weight is 302 g/mol. The average Bonchev–Trinajstić information content (AvgIpc) is 2.95. The molecule has 0 aliphatic carbocycles. The molecule has 6 nitrogen and oxygen atoms in total. The van der Waals surface area contributed by atoms with Crippen molar-refractivity contribution in [3.05, 3.63) is 42.2 Å². The van der Waals surface area contributed by atoms with Crippen LogP contribution in [0.15, 0.2) is 36.7 Å². The molecule has 0 radical (unpaired) electrons. The molecule has 0 spiro atoms. The van der Waals surface area contributed by atoms with E-state index in [1.165, 1.54) is 0 Å². The summed E-state index contributed by atoms with van der Waals surface area (Å²) in [6.45, 7) is 3.87. The molecule has 0 aliphatic rings. The second-order valence-electron chi connectivity index (χ2n) is 5.13. The summed E-state index contributed by atoms with van der Waals surface area (Å²) in [5.41, 5.74) is 1.77. The van der Waals surface area contributed by atoms with Crippen LogP contribution in [0.1, 0.15) is 12.5 Å². The fraction of sp³-hybridized carbons (Fsp3) is 0.375. The van der Waals surface area contributed by atoms with E-state index in [4.69, 9.17) is 4.74 Å². The summed E-state index contributed by atoms with van der Waals surface area (Å²) in [7, 11) is 3.49. The Kier molecular flexibility index (Phi) is 5.55. The van der Waals surface area contributed by atoms with Crippen molar-refractivity contribution in [2.45, 2.75) is 20.0 Å². The maximum atomic E-state index is 12.1. The Morgan fingerprint density at radius 1 is 1.41 bits per heavy atom. The van der Waals surface area contributed by atoms with E-state index in [9.17, 15) is 4.79 Å². The largest absolute Gasteiger partial charge is 0.495 e. The van der Waals surface area contributed by atoms with Crippen LogP contribution in [0.4, 0.5) is 5.69 Å². The Morgan fingerprint density at radius 3 is 2.86 bits per heavy atom. The van der Waals surface area contributed by atoms with Gasteiger partial charge in [0.05, 0.1) is 25.5 Å². The number of amides is 1. The number of aromatic nitrogens is 2. The topological polar surface area (TPSA) is 59.4 Å². The number of hydrogen-bond acceptors (Lipinski definition) is 4. The number of hydrogen-bond donors (Lipinski definition) is 1. The number of aryl methyl sites for hydroxylation is 1. The van der Waals surface area contributed by atoms with Crippen molar-refractivity contribution in [2.24, 2.45) is 0 Å². The predicted octanol–water partition coefficient (Wildman–Crippen LogP) is 1.98. The maximum absolute atomic E-state index is 12.1. The molecular formula is C16H22N4O2. The van der Waals surface area contributed by atoms with E-state index in [0.717, 1.165) is 12.1 Å². The first-order valence-electron chi connectivity index (χ1n) is 7.25. The van der Waals surface area contributed by atoms with Gasteiger partial charge in [-0.1, -0.05) is 12.1 Å². The predicted molar refractivity (Wildman–Crippen MR) is 85.9 cm³/mol. The lowest BCUT2D eigenvalue weighted by molar-refractivity contribution is -0.117. The Balaban J connectivity index is 1.88. The van der Waals surface area contributed by atoms with Gasteiger partial charge in [-0.15, -0.1) is 0 Å². The second-order valence-corrected chi connectivity index (χ2v) is 5.13. The minimum atomic E-state index is -0.0742. The Hall–Kier alpha value is -2.34. The third-order valence-corrected chi connectivity index (χ3v) is 3.26. The molecular weight excluding hydrogens is 280 g/mol. The van der Waals surface area contributed by atoms with Gasteiger partial charge in [0.1, 0.15) is 5.75 Å². The Morgan fingerprint density at radius 2 is 2.18 bits per heavy atom. The van der Waals surface area contributed by atoms with Crippen LogP contribution in [0.5, 0.6) is 5.75 Å². The van der Waals surface area contributed by atoms with Crippen LogP contribution in [-0.4, -0.2) is 41.3 Å². The number of likely N-dealkylation sites (N-methyl/N-ethyl adjacent to an activating group) is 1. The van der Waals surface area contributed by atoms with E-state index in [2.05, 4.69) is 10.4 Å². The number of carbonyl (C=O) groups is 1. The van der Waals surface area contributed by atoms with Gasteiger partial charge < -0.3 is 10.1 Å². The molecule has 0 atom stereocenters. The first-order valence-corrected chi connectivity index (χ1v) is 7.25. The lowest BCUT2D eigenvalue weighted by atomic mass is 10.3. The van der Waals surface area contributed by atoms with Crippen LogP contribution >= 0.6 is 0 Å². The third kappa shape index (κ3) is 4.33. The lowest BCUT2D eigenvalue weighted by Gasteiger charge is -2.16. The zero-order valence-corrected chi connectivity index (χ0v) is 13.2. The van der Waals surface area contributed by atoms with Crippen LogP contribution in [0.2, 0.25) is 0 Å². The van der Waals surface area contributed by atoms with Crippen molar-refractivity contribution in [3.63, 3.8) is 0 Å². The van der Waals surface area contributed by atoms with E-state index in [0.29, 0.717) is 24.5 Å². The molecule has 6 heteroatoms. The molecule has 2 rings (SSSR count). The molecule has 0 aliphatic heterocycles. The highest BCUT2D eigenvalue weighted by molar-refractivity contribution is 5.93. The number of ether oxygens (including phenoxy) is 1. The van der Waals surface area contributed by atoms with Gasteiger partial charge >= 0.3 is 0 Å². The quantitative estimate of drug-likeness (QED) is 0.849. The van der Waals surface area contributed by atoms with Gasteiger partial charge in [-0.05, 0) is 26.1 Å². The lowest BCUT2D eigenvalue weighted by Crippen LogP contribution is -2.29. The molecule has 1 heterocycles. The van der Waals surface area contributed by atoms with E-state index < -0.39 is 0 Å². The highest BCUT2D eigenvalue weighted by Crippen LogP contribution is 2.22. The van der Waals surface area contributed by atoms with Gasteiger partial charge in [0.15, 0.2) is 0 Å². The Labute approximate surface area is 130 Å². The van der Waals surface area contributed by atoms with Gasteiger partial charge in [0, 0.05) is 24.8 Å². The fourth-order valence-corrected chi connectivity index (χ4v) is 2.21. The van der Waals surface area contributed by atoms with Crippen molar-refractivity contribution in [1.29, 1.82) is 0 Å². The number of anilines is 1. The highest BCUT2D eigenvalue weighted by atomic mass is 16.5. The number of methoxy groups -OCH3 is 1. The molecule has 0 saturated heterocycles. The number of nitrogens with zero attached hydrogens (tertiary/aromatic N) is 3. The Bertz CT molecular complexity index is 624. The fourth-order valence-electron chi connectivity index (χ4n) is 2.21. The number of carbonyl (C=O) groups excluding carboxylic acids is 1. The van der Waals surface area contributed by atoms with Crippen LogP contribution in [-0.2, 0) is 17.9 Å². The molecule has 1 N–H and O–H groups in total. The molecule has 1 amide bonds. The SMILES string of the molecule is CCn1cc(CN(C)CC(=O)Nc2ccccc2OC)cn1. The van der Waals surface area contributed by atoms with Crippen LogP contribution in [0.25, 0.3) is 0 Å². The molecule has 1 aromatic carbocycles. The molecule has 1 aromatic heterocycles. The molecule has 0 saturated carbocycles. The van der Waals surface area contributed by atoms with Gasteiger partial charge in [0.25, 0.3) is 0 Å². The summed E-state index contributed by atoms with van der Waals surface area (Å²) in [5, 5.41) is 7.10. The minimum Gasteiger partial charge on any atom is -0.495 e. The third-order valence-electron chi connectivity index (χ3n) is 3.26. The maximum Gasteiger partial charge on any atom is 0.238 e. The van der Waals surface area contributed by atoms with E-state index in [-0.39, 0.29) is 5.91 Å².